The molecule has 0 spiro atoms. The van der Waals surface area contributed by atoms with Crippen LogP contribution < -0.4 is 5.32 Å². The van der Waals surface area contributed by atoms with E-state index in [0.717, 1.165) is 28.2 Å². The van der Waals surface area contributed by atoms with Crippen LogP contribution in [0.3, 0.4) is 0 Å². The molecule has 1 aliphatic rings. The molecule has 0 aromatic heterocycles. The molecule has 86 valence electrons. The fourth-order valence-corrected chi connectivity index (χ4v) is 2.65. The highest BCUT2D eigenvalue weighted by Gasteiger charge is 2.12. The van der Waals surface area contributed by atoms with Gasteiger partial charge in [-0.15, -0.1) is 0 Å². The van der Waals surface area contributed by atoms with Crippen LogP contribution >= 0.6 is 23.4 Å². The molecule has 0 bridgehead atoms. The van der Waals surface area contributed by atoms with Gasteiger partial charge < -0.3 is 5.32 Å². The lowest BCUT2D eigenvalue weighted by Crippen LogP contribution is -2.18. The number of rotatable bonds is 1. The maximum atomic E-state index is 6.15. The van der Waals surface area contributed by atoms with E-state index in [0.29, 0.717) is 5.92 Å². The Bertz CT molecular complexity index is 417. The smallest absolute Gasteiger partial charge is 0.161 e. The number of amidine groups is 1. The van der Waals surface area contributed by atoms with Gasteiger partial charge in [-0.3, -0.25) is 4.99 Å². The van der Waals surface area contributed by atoms with E-state index in [4.69, 9.17) is 11.6 Å². The first-order valence-corrected chi connectivity index (χ1v) is 6.72. The molecule has 1 aromatic carbocycles. The Morgan fingerprint density at radius 3 is 2.94 bits per heavy atom. The van der Waals surface area contributed by atoms with Gasteiger partial charge in [-0.05, 0) is 30.5 Å². The number of halogens is 1. The Labute approximate surface area is 105 Å². The van der Waals surface area contributed by atoms with E-state index in [1.54, 1.807) is 11.8 Å². The predicted molar refractivity (Wildman–Crippen MR) is 73.7 cm³/mol. The van der Waals surface area contributed by atoms with Crippen LogP contribution in [0.1, 0.15) is 12.5 Å². The number of aryl methyl sites for hydroxylation is 1. The van der Waals surface area contributed by atoms with Gasteiger partial charge in [-0.1, -0.05) is 36.4 Å². The summed E-state index contributed by atoms with van der Waals surface area (Å²) in [5, 5.41) is 5.01. The first-order valence-electron chi connectivity index (χ1n) is 5.35. The minimum absolute atomic E-state index is 0.670. The van der Waals surface area contributed by atoms with Gasteiger partial charge in [-0.2, -0.15) is 0 Å². The summed E-state index contributed by atoms with van der Waals surface area (Å²) in [6.07, 6.45) is 0. The molecule has 1 atom stereocenters. The number of hydrogen-bond acceptors (Lipinski definition) is 3. The van der Waals surface area contributed by atoms with Gasteiger partial charge in [0, 0.05) is 12.3 Å². The van der Waals surface area contributed by atoms with Crippen molar-refractivity contribution >= 4 is 34.2 Å². The van der Waals surface area contributed by atoms with E-state index in [-0.39, 0.29) is 0 Å². The zero-order valence-electron chi connectivity index (χ0n) is 9.46. The second-order valence-electron chi connectivity index (χ2n) is 4.17. The lowest BCUT2D eigenvalue weighted by atomic mass is 10.2. The average molecular weight is 255 g/mol. The minimum atomic E-state index is 0.670. The molecule has 1 unspecified atom stereocenters. The zero-order valence-corrected chi connectivity index (χ0v) is 11.0. The fourth-order valence-electron chi connectivity index (χ4n) is 1.47. The van der Waals surface area contributed by atoms with Crippen LogP contribution in [0.5, 0.6) is 0 Å². The summed E-state index contributed by atoms with van der Waals surface area (Å²) < 4.78 is 0. The van der Waals surface area contributed by atoms with E-state index in [2.05, 4.69) is 17.2 Å². The predicted octanol–water partition coefficient (Wildman–Crippen LogP) is 3.80. The van der Waals surface area contributed by atoms with E-state index >= 15 is 0 Å². The highest BCUT2D eigenvalue weighted by Crippen LogP contribution is 2.25. The fraction of sp³-hybridized carbons (Fsp3) is 0.417. The lowest BCUT2D eigenvalue weighted by Gasteiger charge is -2.18. The molecule has 1 aromatic rings. The van der Waals surface area contributed by atoms with Gasteiger partial charge in [0.2, 0.25) is 0 Å². The van der Waals surface area contributed by atoms with Gasteiger partial charge in [-0.25, -0.2) is 0 Å². The first-order chi connectivity index (χ1) is 7.65. The van der Waals surface area contributed by atoms with Crippen molar-refractivity contribution in [3.05, 3.63) is 28.8 Å². The van der Waals surface area contributed by atoms with Crippen LogP contribution in [0.4, 0.5) is 5.69 Å². The highest BCUT2D eigenvalue weighted by molar-refractivity contribution is 8.14. The van der Waals surface area contributed by atoms with Crippen LogP contribution in [0.2, 0.25) is 5.02 Å². The summed E-state index contributed by atoms with van der Waals surface area (Å²) >= 11 is 7.91. The third kappa shape index (κ3) is 2.92. The molecule has 0 saturated heterocycles. The SMILES string of the molecule is Cc1ccc(NC2=NCC(C)CS2)c(Cl)c1. The molecule has 1 aliphatic heterocycles. The summed E-state index contributed by atoms with van der Waals surface area (Å²) in [5.41, 5.74) is 2.11. The average Bonchev–Trinajstić information content (AvgIpc) is 2.25. The number of hydrogen-bond donors (Lipinski definition) is 1. The molecule has 0 radical (unpaired) electrons. The molecular weight excluding hydrogens is 240 g/mol. The number of aliphatic imine (C=N–C) groups is 1. The molecule has 4 heteroatoms. The largest absolute Gasteiger partial charge is 0.334 e. The van der Waals surface area contributed by atoms with E-state index < -0.39 is 0 Å². The van der Waals surface area contributed by atoms with Crippen LogP contribution in [0.25, 0.3) is 0 Å². The topological polar surface area (TPSA) is 24.4 Å². The summed E-state index contributed by atoms with van der Waals surface area (Å²) in [6.45, 7) is 5.15. The molecule has 2 rings (SSSR count). The Morgan fingerprint density at radius 1 is 1.50 bits per heavy atom. The van der Waals surface area contributed by atoms with Crippen molar-refractivity contribution in [3.63, 3.8) is 0 Å². The molecule has 0 fully saturated rings. The molecule has 1 heterocycles. The standard InChI is InChI=1S/C12H15ClN2S/c1-8-3-4-11(10(13)5-8)15-12-14-6-9(2)7-16-12/h3-5,9H,6-7H2,1-2H3,(H,14,15). The number of nitrogens with one attached hydrogen (secondary N) is 1. The number of benzene rings is 1. The second-order valence-corrected chi connectivity index (χ2v) is 5.59. The monoisotopic (exact) mass is 254 g/mol. The van der Waals surface area contributed by atoms with Gasteiger partial charge in [0.1, 0.15) is 0 Å². The van der Waals surface area contributed by atoms with Gasteiger partial charge in [0.15, 0.2) is 5.17 Å². The Balaban J connectivity index is 2.09. The third-order valence-corrected chi connectivity index (χ3v) is 3.97. The van der Waals surface area contributed by atoms with Crippen molar-refractivity contribution in [2.75, 3.05) is 17.6 Å². The second kappa shape index (κ2) is 5.11. The Kier molecular flexibility index (Phi) is 3.77. The van der Waals surface area contributed by atoms with Crippen molar-refractivity contribution in [2.24, 2.45) is 10.9 Å². The minimum Gasteiger partial charge on any atom is -0.334 e. The maximum absolute atomic E-state index is 6.15. The number of nitrogens with zero attached hydrogens (tertiary/aromatic N) is 1. The third-order valence-electron chi connectivity index (χ3n) is 2.42. The van der Waals surface area contributed by atoms with Crippen LogP contribution in [0.15, 0.2) is 23.2 Å². The molecule has 2 nitrogen and oxygen atoms in total. The van der Waals surface area contributed by atoms with Crippen molar-refractivity contribution < 1.29 is 0 Å². The first kappa shape index (κ1) is 11.8. The molecule has 0 amide bonds. The zero-order chi connectivity index (χ0) is 11.5. The molecule has 16 heavy (non-hydrogen) atoms. The highest BCUT2D eigenvalue weighted by atomic mass is 35.5. The summed E-state index contributed by atoms with van der Waals surface area (Å²) in [5.74, 6) is 1.79. The van der Waals surface area contributed by atoms with Crippen molar-refractivity contribution in [2.45, 2.75) is 13.8 Å². The lowest BCUT2D eigenvalue weighted by molar-refractivity contribution is 0.674. The summed E-state index contributed by atoms with van der Waals surface area (Å²) in [6, 6.07) is 6.00. The quantitative estimate of drug-likeness (QED) is 0.824. The van der Waals surface area contributed by atoms with Crippen molar-refractivity contribution in [1.82, 2.24) is 0 Å². The normalized spacial score (nSPS) is 20.4. The molecule has 0 saturated carbocycles. The van der Waals surface area contributed by atoms with Crippen molar-refractivity contribution in [1.29, 1.82) is 0 Å². The summed E-state index contributed by atoms with van der Waals surface area (Å²) in [7, 11) is 0. The van der Waals surface area contributed by atoms with E-state index in [9.17, 15) is 0 Å². The molecular formula is C12H15ClN2S. The number of thioether (sulfide) groups is 1. The van der Waals surface area contributed by atoms with Gasteiger partial charge in [0.05, 0.1) is 10.7 Å². The molecule has 1 N–H and O–H groups in total. The number of anilines is 1. The Morgan fingerprint density at radius 2 is 2.31 bits per heavy atom. The van der Waals surface area contributed by atoms with E-state index in [1.165, 1.54) is 5.56 Å². The van der Waals surface area contributed by atoms with Crippen LogP contribution in [0, 0.1) is 12.8 Å². The van der Waals surface area contributed by atoms with E-state index in [1.807, 2.05) is 25.1 Å². The van der Waals surface area contributed by atoms with Crippen LogP contribution in [-0.2, 0) is 0 Å². The Hall–Kier alpha value is -0.670. The van der Waals surface area contributed by atoms with Gasteiger partial charge in [0.25, 0.3) is 0 Å². The van der Waals surface area contributed by atoms with Crippen molar-refractivity contribution in [3.8, 4) is 0 Å². The summed E-state index contributed by atoms with van der Waals surface area (Å²) in [4.78, 5) is 4.48. The van der Waals surface area contributed by atoms with Crippen LogP contribution in [-0.4, -0.2) is 17.5 Å². The molecule has 0 aliphatic carbocycles. The van der Waals surface area contributed by atoms with Gasteiger partial charge >= 0.3 is 0 Å². The maximum Gasteiger partial charge on any atom is 0.161 e.